The van der Waals surface area contributed by atoms with Gasteiger partial charge in [-0.1, -0.05) is 6.07 Å². The number of sulfonamides is 1. The van der Waals surface area contributed by atoms with E-state index in [9.17, 15) is 23.3 Å². The Hall–Kier alpha value is -3.28. The Labute approximate surface area is 219 Å². The zero-order chi connectivity index (χ0) is 26.0. The van der Waals surface area contributed by atoms with Crippen LogP contribution in [0.15, 0.2) is 58.8 Å². The number of anilines is 1. The Balaban J connectivity index is 1.14. The average molecular weight is 541 g/mol. The predicted molar refractivity (Wildman–Crippen MR) is 142 cm³/mol. The molecule has 0 saturated carbocycles. The molecule has 1 aliphatic heterocycles. The number of non-ortho nitro benzene ring substituents is 1. The van der Waals surface area contributed by atoms with Crippen molar-refractivity contribution in [1.82, 2.24) is 9.62 Å². The molecule has 5 rings (SSSR count). The quantitative estimate of drug-likeness (QED) is 0.324. The molecule has 0 bridgehead atoms. The van der Waals surface area contributed by atoms with Crippen LogP contribution in [0.25, 0.3) is 0 Å². The summed E-state index contributed by atoms with van der Waals surface area (Å²) in [6.45, 7) is 1.08. The van der Waals surface area contributed by atoms with E-state index in [1.165, 1.54) is 41.8 Å². The van der Waals surface area contributed by atoms with Gasteiger partial charge in [-0.05, 0) is 79.6 Å². The standard InChI is InChI=1S/C26H28N4O5S2/c31-26(19-5-8-23(9-6-19)30(32)33)27-17-24-10-11-25(36-24)37(34,35)29-14-12-21(13-15-29)28-22-7-4-18-2-1-3-20(18)16-22/h4-11,16,21,28H,1-3,12-15,17H2,(H,27,31). The summed E-state index contributed by atoms with van der Waals surface area (Å²) >= 11 is 1.14. The fourth-order valence-corrected chi connectivity index (χ4v) is 7.78. The van der Waals surface area contributed by atoms with Gasteiger partial charge < -0.3 is 10.6 Å². The molecule has 11 heteroatoms. The van der Waals surface area contributed by atoms with E-state index in [4.69, 9.17) is 0 Å². The summed E-state index contributed by atoms with van der Waals surface area (Å²) < 4.78 is 28.2. The molecule has 9 nitrogen and oxygen atoms in total. The van der Waals surface area contributed by atoms with Gasteiger partial charge in [0.05, 0.1) is 11.5 Å². The van der Waals surface area contributed by atoms with Gasteiger partial charge in [-0.15, -0.1) is 11.3 Å². The second-order valence-corrected chi connectivity index (χ2v) is 12.7. The summed E-state index contributed by atoms with van der Waals surface area (Å²) in [6.07, 6.45) is 4.97. The van der Waals surface area contributed by atoms with Crippen LogP contribution in [0.2, 0.25) is 0 Å². The van der Waals surface area contributed by atoms with Crippen LogP contribution in [0.1, 0.15) is 45.6 Å². The van der Waals surface area contributed by atoms with Gasteiger partial charge in [-0.25, -0.2) is 8.42 Å². The van der Waals surface area contributed by atoms with E-state index in [-0.39, 0.29) is 28.4 Å². The molecular weight excluding hydrogens is 512 g/mol. The highest BCUT2D eigenvalue weighted by molar-refractivity contribution is 7.91. The first-order valence-corrected chi connectivity index (χ1v) is 14.5. The van der Waals surface area contributed by atoms with Crippen molar-refractivity contribution in [3.05, 3.63) is 86.3 Å². The van der Waals surface area contributed by atoms with Crippen LogP contribution in [0, 0.1) is 10.1 Å². The average Bonchev–Trinajstić information content (AvgIpc) is 3.57. The first-order valence-electron chi connectivity index (χ1n) is 12.3. The molecule has 1 amide bonds. The lowest BCUT2D eigenvalue weighted by molar-refractivity contribution is -0.384. The second kappa shape index (κ2) is 10.6. The molecule has 0 atom stereocenters. The lowest BCUT2D eigenvalue weighted by Crippen LogP contribution is -2.42. The van der Waals surface area contributed by atoms with Crippen LogP contribution >= 0.6 is 11.3 Å². The van der Waals surface area contributed by atoms with Gasteiger partial charge in [0.25, 0.3) is 21.6 Å². The van der Waals surface area contributed by atoms with Crippen molar-refractivity contribution in [1.29, 1.82) is 0 Å². The molecular formula is C26H28N4O5S2. The highest BCUT2D eigenvalue weighted by Gasteiger charge is 2.30. The number of carbonyl (C=O) groups excluding carboxylic acids is 1. The van der Waals surface area contributed by atoms with Crippen LogP contribution in [0.3, 0.4) is 0 Å². The number of nitrogens with one attached hydrogen (secondary N) is 2. The first-order chi connectivity index (χ1) is 17.8. The Morgan fingerprint density at radius 3 is 2.49 bits per heavy atom. The number of nitro groups is 1. The van der Waals surface area contributed by atoms with E-state index >= 15 is 0 Å². The Morgan fingerprint density at radius 2 is 1.76 bits per heavy atom. The molecule has 194 valence electrons. The number of nitrogens with zero attached hydrogens (tertiary/aromatic N) is 2. The molecule has 2 aliphatic rings. The third kappa shape index (κ3) is 5.68. The lowest BCUT2D eigenvalue weighted by Gasteiger charge is -2.32. The molecule has 2 heterocycles. The van der Waals surface area contributed by atoms with E-state index in [0.29, 0.717) is 23.5 Å². The summed E-state index contributed by atoms with van der Waals surface area (Å²) in [7, 11) is -3.60. The third-order valence-electron chi connectivity index (χ3n) is 6.92. The minimum Gasteiger partial charge on any atom is -0.382 e. The fraction of sp³-hybridized carbons (Fsp3) is 0.346. The number of rotatable bonds is 8. The second-order valence-electron chi connectivity index (χ2n) is 9.37. The van der Waals surface area contributed by atoms with Gasteiger partial charge in [-0.3, -0.25) is 14.9 Å². The van der Waals surface area contributed by atoms with E-state index in [1.807, 2.05) is 0 Å². The molecule has 2 N–H and O–H groups in total. The molecule has 1 saturated heterocycles. The van der Waals surface area contributed by atoms with E-state index in [1.54, 1.807) is 16.4 Å². The van der Waals surface area contributed by atoms with Gasteiger partial charge in [0, 0.05) is 47.4 Å². The van der Waals surface area contributed by atoms with Crippen molar-refractivity contribution in [2.24, 2.45) is 0 Å². The number of amides is 1. The number of hydrogen-bond donors (Lipinski definition) is 2. The number of fused-ring (bicyclic) bond motifs is 1. The SMILES string of the molecule is O=C(NCc1ccc(S(=O)(=O)N2CCC(Nc3ccc4c(c3)CCC4)CC2)s1)c1ccc([N+](=O)[O-])cc1. The van der Waals surface area contributed by atoms with Crippen LogP contribution in [-0.2, 0) is 29.4 Å². The monoisotopic (exact) mass is 540 g/mol. The highest BCUT2D eigenvalue weighted by atomic mass is 32.2. The maximum atomic E-state index is 13.2. The fourth-order valence-electron chi connectivity index (χ4n) is 4.86. The summed E-state index contributed by atoms with van der Waals surface area (Å²) in [5, 5.41) is 17.1. The van der Waals surface area contributed by atoms with Crippen LogP contribution in [0.5, 0.6) is 0 Å². The van der Waals surface area contributed by atoms with Crippen molar-refractivity contribution >= 4 is 38.6 Å². The van der Waals surface area contributed by atoms with Crippen molar-refractivity contribution in [2.45, 2.75) is 48.9 Å². The van der Waals surface area contributed by atoms with E-state index < -0.39 is 14.9 Å². The van der Waals surface area contributed by atoms with Crippen LogP contribution < -0.4 is 10.6 Å². The van der Waals surface area contributed by atoms with Gasteiger partial charge in [0.15, 0.2) is 0 Å². The summed E-state index contributed by atoms with van der Waals surface area (Å²) in [5.74, 6) is -0.384. The number of benzene rings is 2. The van der Waals surface area contributed by atoms with Crippen LogP contribution in [0.4, 0.5) is 11.4 Å². The molecule has 0 spiro atoms. The van der Waals surface area contributed by atoms with Gasteiger partial charge in [0.2, 0.25) is 0 Å². The minimum absolute atomic E-state index is 0.0901. The molecule has 1 aliphatic carbocycles. The maximum absolute atomic E-state index is 13.2. The smallest absolute Gasteiger partial charge is 0.269 e. The van der Waals surface area contributed by atoms with Crippen molar-refractivity contribution in [3.8, 4) is 0 Å². The molecule has 1 aromatic heterocycles. The lowest BCUT2D eigenvalue weighted by atomic mass is 10.0. The first kappa shape index (κ1) is 25.4. The number of aryl methyl sites for hydroxylation is 2. The highest BCUT2D eigenvalue weighted by Crippen LogP contribution is 2.29. The van der Waals surface area contributed by atoms with Crippen molar-refractivity contribution < 1.29 is 18.1 Å². The Kier molecular flexibility index (Phi) is 7.27. The minimum atomic E-state index is -3.60. The van der Waals surface area contributed by atoms with Crippen molar-refractivity contribution in [3.63, 3.8) is 0 Å². The normalized spacial score (nSPS) is 16.3. The summed E-state index contributed by atoms with van der Waals surface area (Å²) in [5.41, 5.74) is 4.18. The van der Waals surface area contributed by atoms with Crippen molar-refractivity contribution in [2.75, 3.05) is 18.4 Å². The number of hydrogen-bond acceptors (Lipinski definition) is 7. The zero-order valence-electron chi connectivity index (χ0n) is 20.2. The topological polar surface area (TPSA) is 122 Å². The third-order valence-corrected chi connectivity index (χ3v) is 10.4. The molecule has 3 aromatic rings. The van der Waals surface area contributed by atoms with E-state index in [0.717, 1.165) is 42.7 Å². The molecule has 37 heavy (non-hydrogen) atoms. The van der Waals surface area contributed by atoms with Gasteiger partial charge in [-0.2, -0.15) is 4.31 Å². The van der Waals surface area contributed by atoms with E-state index in [2.05, 4.69) is 28.8 Å². The summed E-state index contributed by atoms with van der Waals surface area (Å²) in [4.78, 5) is 23.3. The Morgan fingerprint density at radius 1 is 1.03 bits per heavy atom. The number of piperidine rings is 1. The van der Waals surface area contributed by atoms with Crippen LogP contribution in [-0.4, -0.2) is 42.7 Å². The number of nitro benzene ring substituents is 1. The van der Waals surface area contributed by atoms with Gasteiger partial charge in [0.1, 0.15) is 4.21 Å². The zero-order valence-corrected chi connectivity index (χ0v) is 21.8. The maximum Gasteiger partial charge on any atom is 0.269 e. The molecule has 0 unspecified atom stereocenters. The van der Waals surface area contributed by atoms with Gasteiger partial charge >= 0.3 is 0 Å². The Bertz CT molecular complexity index is 1410. The largest absolute Gasteiger partial charge is 0.382 e. The predicted octanol–water partition coefficient (Wildman–Crippen LogP) is 4.34. The molecule has 2 aromatic carbocycles. The molecule has 0 radical (unpaired) electrons. The number of carbonyl (C=O) groups is 1. The number of thiophene rings is 1. The molecule has 1 fully saturated rings. The summed E-state index contributed by atoms with van der Waals surface area (Å²) in [6, 6.07) is 15.4.